The van der Waals surface area contributed by atoms with Gasteiger partial charge in [-0.3, -0.25) is 4.79 Å². The minimum absolute atomic E-state index is 0.00831. The third kappa shape index (κ3) is 2.87. The van der Waals surface area contributed by atoms with E-state index in [4.69, 9.17) is 4.74 Å². The molecule has 1 unspecified atom stereocenters. The Morgan fingerprint density at radius 2 is 1.94 bits per heavy atom. The molecule has 0 fully saturated rings. The summed E-state index contributed by atoms with van der Waals surface area (Å²) < 4.78 is 5.00. The summed E-state index contributed by atoms with van der Waals surface area (Å²) in [6.07, 6.45) is 0. The van der Waals surface area contributed by atoms with Crippen LogP contribution in [0.2, 0.25) is 0 Å². The Morgan fingerprint density at radius 1 is 1.22 bits per heavy atom. The van der Waals surface area contributed by atoms with Gasteiger partial charge in [0.25, 0.3) is 5.91 Å². The first-order chi connectivity index (χ1) is 8.70. The van der Waals surface area contributed by atoms with Crippen molar-refractivity contribution < 1.29 is 9.53 Å². The second-order valence-electron chi connectivity index (χ2n) is 4.39. The lowest BCUT2D eigenvalue weighted by Crippen LogP contribution is -2.35. The maximum absolute atomic E-state index is 12.0. The van der Waals surface area contributed by atoms with Gasteiger partial charge in [-0.2, -0.15) is 0 Å². The van der Waals surface area contributed by atoms with Crippen molar-refractivity contribution in [3.63, 3.8) is 0 Å². The molecule has 0 aliphatic heterocycles. The Bertz CT molecular complexity index is 551. The molecule has 0 spiro atoms. The highest BCUT2D eigenvalue weighted by Gasteiger charge is 2.09. The summed E-state index contributed by atoms with van der Waals surface area (Å²) in [7, 11) is 1.62. The van der Waals surface area contributed by atoms with Crippen molar-refractivity contribution in [2.24, 2.45) is 0 Å². The molecule has 0 bridgehead atoms. The molecule has 0 aliphatic rings. The largest absolute Gasteiger partial charge is 0.383 e. The first kappa shape index (κ1) is 12.6. The minimum atomic E-state index is -0.0645. The molecule has 3 heteroatoms. The molecular weight excluding hydrogens is 226 g/mol. The van der Waals surface area contributed by atoms with Crippen molar-refractivity contribution in [1.82, 2.24) is 5.32 Å². The predicted octanol–water partition coefficient (Wildman–Crippen LogP) is 2.60. The molecule has 1 atom stereocenters. The molecule has 1 N–H and O–H groups in total. The van der Waals surface area contributed by atoms with Gasteiger partial charge < -0.3 is 10.1 Å². The standard InChI is InChI=1S/C15H17NO2/c1-11(10-18-2)16-15(17)14-8-7-12-5-3-4-6-13(12)9-14/h3-9,11H,10H2,1-2H3,(H,16,17). The van der Waals surface area contributed by atoms with E-state index < -0.39 is 0 Å². The number of amides is 1. The SMILES string of the molecule is COCC(C)NC(=O)c1ccc2ccccc2c1. The molecule has 2 aromatic carbocycles. The van der Waals surface area contributed by atoms with Crippen LogP contribution in [0.15, 0.2) is 42.5 Å². The maximum atomic E-state index is 12.0. The zero-order chi connectivity index (χ0) is 13.0. The van der Waals surface area contributed by atoms with E-state index in [0.29, 0.717) is 12.2 Å². The van der Waals surface area contributed by atoms with Crippen LogP contribution in [0.1, 0.15) is 17.3 Å². The van der Waals surface area contributed by atoms with E-state index in [-0.39, 0.29) is 11.9 Å². The Hall–Kier alpha value is -1.87. The molecule has 0 aromatic heterocycles. The number of benzene rings is 2. The van der Waals surface area contributed by atoms with Gasteiger partial charge in [-0.15, -0.1) is 0 Å². The highest BCUT2D eigenvalue weighted by Crippen LogP contribution is 2.15. The molecule has 0 aliphatic carbocycles. The third-order valence-electron chi connectivity index (χ3n) is 2.81. The molecule has 1 amide bonds. The number of methoxy groups -OCH3 is 1. The summed E-state index contributed by atoms with van der Waals surface area (Å²) in [6.45, 7) is 2.43. The second kappa shape index (κ2) is 5.65. The van der Waals surface area contributed by atoms with E-state index in [0.717, 1.165) is 10.8 Å². The van der Waals surface area contributed by atoms with Crippen LogP contribution in [0.4, 0.5) is 0 Å². The fourth-order valence-electron chi connectivity index (χ4n) is 1.93. The third-order valence-corrected chi connectivity index (χ3v) is 2.81. The summed E-state index contributed by atoms with van der Waals surface area (Å²) in [5.74, 6) is -0.0645. The Kier molecular flexibility index (Phi) is 3.95. The number of hydrogen-bond donors (Lipinski definition) is 1. The molecular formula is C15H17NO2. The Balaban J connectivity index is 2.17. The van der Waals surface area contributed by atoms with Gasteiger partial charge in [0.1, 0.15) is 0 Å². The molecule has 18 heavy (non-hydrogen) atoms. The number of hydrogen-bond acceptors (Lipinski definition) is 2. The van der Waals surface area contributed by atoms with Gasteiger partial charge in [0, 0.05) is 18.7 Å². The van der Waals surface area contributed by atoms with E-state index in [1.807, 2.05) is 49.4 Å². The van der Waals surface area contributed by atoms with E-state index in [2.05, 4.69) is 5.32 Å². The van der Waals surface area contributed by atoms with Crippen LogP contribution in [0.3, 0.4) is 0 Å². The van der Waals surface area contributed by atoms with E-state index in [1.165, 1.54) is 0 Å². The van der Waals surface area contributed by atoms with Crippen molar-refractivity contribution in [3.8, 4) is 0 Å². The molecule has 0 heterocycles. The van der Waals surface area contributed by atoms with Crippen molar-refractivity contribution in [1.29, 1.82) is 0 Å². The normalized spacial score (nSPS) is 12.3. The average Bonchev–Trinajstić information content (AvgIpc) is 2.38. The number of fused-ring (bicyclic) bond motifs is 1. The summed E-state index contributed by atoms with van der Waals surface area (Å²) in [5.41, 5.74) is 0.677. The van der Waals surface area contributed by atoms with Crippen molar-refractivity contribution in [2.75, 3.05) is 13.7 Å². The van der Waals surface area contributed by atoms with Crippen molar-refractivity contribution >= 4 is 16.7 Å². The van der Waals surface area contributed by atoms with Crippen LogP contribution in [0.25, 0.3) is 10.8 Å². The molecule has 0 saturated heterocycles. The van der Waals surface area contributed by atoms with Crippen LogP contribution in [0, 0.1) is 0 Å². The van der Waals surface area contributed by atoms with Crippen LogP contribution in [-0.2, 0) is 4.74 Å². The lowest BCUT2D eigenvalue weighted by molar-refractivity contribution is 0.0905. The Labute approximate surface area is 107 Å². The maximum Gasteiger partial charge on any atom is 0.251 e. The molecule has 0 radical (unpaired) electrons. The first-order valence-electron chi connectivity index (χ1n) is 5.99. The van der Waals surface area contributed by atoms with Gasteiger partial charge in [0.15, 0.2) is 0 Å². The quantitative estimate of drug-likeness (QED) is 0.896. The predicted molar refractivity (Wildman–Crippen MR) is 72.8 cm³/mol. The van der Waals surface area contributed by atoms with Crippen LogP contribution >= 0.6 is 0 Å². The number of carbonyl (C=O) groups is 1. The molecule has 3 nitrogen and oxygen atoms in total. The average molecular weight is 243 g/mol. The van der Waals surface area contributed by atoms with Gasteiger partial charge in [0.2, 0.25) is 0 Å². The Morgan fingerprint density at radius 3 is 2.67 bits per heavy atom. The molecule has 0 saturated carbocycles. The topological polar surface area (TPSA) is 38.3 Å². The van der Waals surface area contributed by atoms with Crippen LogP contribution in [-0.4, -0.2) is 25.7 Å². The lowest BCUT2D eigenvalue weighted by Gasteiger charge is -2.12. The molecule has 2 aromatic rings. The van der Waals surface area contributed by atoms with E-state index >= 15 is 0 Å². The summed E-state index contributed by atoms with van der Waals surface area (Å²) in [4.78, 5) is 12.0. The zero-order valence-corrected chi connectivity index (χ0v) is 10.6. The highest BCUT2D eigenvalue weighted by molar-refractivity contribution is 5.98. The number of nitrogens with one attached hydrogen (secondary N) is 1. The number of rotatable bonds is 4. The van der Waals surface area contributed by atoms with Gasteiger partial charge >= 0.3 is 0 Å². The fourth-order valence-corrected chi connectivity index (χ4v) is 1.93. The monoisotopic (exact) mass is 243 g/mol. The van der Waals surface area contributed by atoms with E-state index in [1.54, 1.807) is 7.11 Å². The van der Waals surface area contributed by atoms with Crippen molar-refractivity contribution in [2.45, 2.75) is 13.0 Å². The second-order valence-corrected chi connectivity index (χ2v) is 4.39. The van der Waals surface area contributed by atoms with Crippen LogP contribution in [0.5, 0.6) is 0 Å². The minimum Gasteiger partial charge on any atom is -0.383 e. The molecule has 94 valence electrons. The molecule has 2 rings (SSSR count). The van der Waals surface area contributed by atoms with Crippen LogP contribution < -0.4 is 5.32 Å². The number of ether oxygens (including phenoxy) is 1. The highest BCUT2D eigenvalue weighted by atomic mass is 16.5. The summed E-state index contributed by atoms with van der Waals surface area (Å²) >= 11 is 0. The van der Waals surface area contributed by atoms with Gasteiger partial charge in [-0.05, 0) is 29.8 Å². The van der Waals surface area contributed by atoms with Crippen molar-refractivity contribution in [3.05, 3.63) is 48.0 Å². The summed E-state index contributed by atoms with van der Waals surface area (Å²) in [5, 5.41) is 5.11. The van der Waals surface area contributed by atoms with Gasteiger partial charge in [-0.25, -0.2) is 0 Å². The fraction of sp³-hybridized carbons (Fsp3) is 0.267. The van der Waals surface area contributed by atoms with E-state index in [9.17, 15) is 4.79 Å². The first-order valence-corrected chi connectivity index (χ1v) is 5.99. The number of carbonyl (C=O) groups excluding carboxylic acids is 1. The zero-order valence-electron chi connectivity index (χ0n) is 10.6. The van der Waals surface area contributed by atoms with Gasteiger partial charge in [-0.1, -0.05) is 30.3 Å². The summed E-state index contributed by atoms with van der Waals surface area (Å²) in [6, 6.07) is 13.7. The lowest BCUT2D eigenvalue weighted by atomic mass is 10.1. The smallest absolute Gasteiger partial charge is 0.251 e. The van der Waals surface area contributed by atoms with Gasteiger partial charge in [0.05, 0.1) is 6.61 Å².